The number of nitrogens with two attached hydrogens (primary N) is 1. The fourth-order valence-electron chi connectivity index (χ4n) is 1.28. The molecule has 0 saturated carbocycles. The Morgan fingerprint density at radius 3 is 2.73 bits per heavy atom. The summed E-state index contributed by atoms with van der Waals surface area (Å²) in [5, 5.41) is 0. The smallest absolute Gasteiger partial charge is 0.220 e. The van der Waals surface area contributed by atoms with Crippen LogP contribution in [0.3, 0.4) is 0 Å². The predicted molar refractivity (Wildman–Crippen MR) is 57.1 cm³/mol. The summed E-state index contributed by atoms with van der Waals surface area (Å²) in [5.41, 5.74) is 7.28. The molecule has 1 aromatic heterocycles. The minimum atomic E-state index is 0.384. The SMILES string of the molecule is COCc1ncc(-c2ccc(N)cc2)o1. The van der Waals surface area contributed by atoms with Gasteiger partial charge >= 0.3 is 0 Å². The van der Waals surface area contributed by atoms with Crippen LogP contribution < -0.4 is 5.73 Å². The van der Waals surface area contributed by atoms with Gasteiger partial charge in [-0.2, -0.15) is 0 Å². The molecule has 0 aliphatic carbocycles. The second-order valence-corrected chi connectivity index (χ2v) is 3.17. The number of hydrogen-bond donors (Lipinski definition) is 1. The Morgan fingerprint density at radius 1 is 1.33 bits per heavy atom. The first kappa shape index (κ1) is 9.73. The maximum atomic E-state index is 5.59. The number of nitrogen functional groups attached to an aromatic ring is 1. The lowest BCUT2D eigenvalue weighted by Gasteiger charge is -1.96. The molecule has 2 aromatic rings. The molecule has 0 fully saturated rings. The van der Waals surface area contributed by atoms with Gasteiger partial charge in [-0.15, -0.1) is 0 Å². The van der Waals surface area contributed by atoms with E-state index in [4.69, 9.17) is 14.9 Å². The van der Waals surface area contributed by atoms with Gasteiger partial charge in [0, 0.05) is 18.4 Å². The molecule has 2 N–H and O–H groups in total. The lowest BCUT2D eigenvalue weighted by Crippen LogP contribution is -1.85. The Morgan fingerprint density at radius 2 is 2.07 bits per heavy atom. The van der Waals surface area contributed by atoms with Crippen LogP contribution in [-0.2, 0) is 11.3 Å². The minimum Gasteiger partial charge on any atom is -0.438 e. The maximum absolute atomic E-state index is 5.59. The highest BCUT2D eigenvalue weighted by Crippen LogP contribution is 2.21. The van der Waals surface area contributed by atoms with Crippen molar-refractivity contribution in [3.05, 3.63) is 36.4 Å². The molecule has 0 saturated heterocycles. The van der Waals surface area contributed by atoms with Crippen molar-refractivity contribution >= 4 is 5.69 Å². The minimum absolute atomic E-state index is 0.384. The quantitative estimate of drug-likeness (QED) is 0.777. The average molecular weight is 204 g/mol. The molecular formula is C11H12N2O2. The molecule has 15 heavy (non-hydrogen) atoms. The Hall–Kier alpha value is -1.81. The van der Waals surface area contributed by atoms with Gasteiger partial charge in [-0.3, -0.25) is 0 Å². The summed E-state index contributed by atoms with van der Waals surface area (Å²) in [5.74, 6) is 1.30. The summed E-state index contributed by atoms with van der Waals surface area (Å²) < 4.78 is 10.4. The molecule has 0 radical (unpaired) electrons. The highest BCUT2D eigenvalue weighted by Gasteiger charge is 2.05. The summed E-state index contributed by atoms with van der Waals surface area (Å²) >= 11 is 0. The Balaban J connectivity index is 2.25. The fourth-order valence-corrected chi connectivity index (χ4v) is 1.28. The number of rotatable bonds is 3. The van der Waals surface area contributed by atoms with Crippen molar-refractivity contribution in [1.29, 1.82) is 0 Å². The summed E-state index contributed by atoms with van der Waals surface area (Å²) in [6.45, 7) is 0.384. The first-order chi connectivity index (χ1) is 7.29. The largest absolute Gasteiger partial charge is 0.438 e. The second-order valence-electron chi connectivity index (χ2n) is 3.17. The first-order valence-electron chi connectivity index (χ1n) is 4.59. The van der Waals surface area contributed by atoms with Crippen molar-refractivity contribution in [1.82, 2.24) is 4.98 Å². The third-order valence-electron chi connectivity index (χ3n) is 2.02. The van der Waals surface area contributed by atoms with E-state index < -0.39 is 0 Å². The van der Waals surface area contributed by atoms with Crippen molar-refractivity contribution in [3.63, 3.8) is 0 Å². The van der Waals surface area contributed by atoms with E-state index in [9.17, 15) is 0 Å². The van der Waals surface area contributed by atoms with E-state index in [0.717, 1.165) is 17.0 Å². The number of benzene rings is 1. The number of oxazole rings is 1. The van der Waals surface area contributed by atoms with Gasteiger partial charge in [0.2, 0.25) is 5.89 Å². The second kappa shape index (κ2) is 4.14. The van der Waals surface area contributed by atoms with Crippen LogP contribution in [-0.4, -0.2) is 12.1 Å². The van der Waals surface area contributed by atoms with Crippen molar-refractivity contribution in [3.8, 4) is 11.3 Å². The fraction of sp³-hybridized carbons (Fsp3) is 0.182. The summed E-state index contributed by atoms with van der Waals surface area (Å²) in [6, 6.07) is 7.44. The molecule has 0 spiro atoms. The van der Waals surface area contributed by atoms with E-state index in [1.54, 1.807) is 13.3 Å². The van der Waals surface area contributed by atoms with Gasteiger partial charge in [-0.25, -0.2) is 4.98 Å². The molecule has 0 aliphatic heterocycles. The predicted octanol–water partition coefficient (Wildman–Crippen LogP) is 2.07. The Labute approximate surface area is 87.7 Å². The topological polar surface area (TPSA) is 61.3 Å². The number of methoxy groups -OCH3 is 1. The maximum Gasteiger partial charge on any atom is 0.220 e. The van der Waals surface area contributed by atoms with E-state index in [1.807, 2.05) is 24.3 Å². The number of nitrogens with zero attached hydrogens (tertiary/aromatic N) is 1. The lowest BCUT2D eigenvalue weighted by molar-refractivity contribution is 0.160. The van der Waals surface area contributed by atoms with Crippen LogP contribution in [0.1, 0.15) is 5.89 Å². The van der Waals surface area contributed by atoms with Gasteiger partial charge in [0.25, 0.3) is 0 Å². The van der Waals surface area contributed by atoms with Crippen LogP contribution in [0.15, 0.2) is 34.9 Å². The lowest BCUT2D eigenvalue weighted by atomic mass is 10.2. The molecular weight excluding hydrogens is 192 g/mol. The highest BCUT2D eigenvalue weighted by atomic mass is 16.5. The van der Waals surface area contributed by atoms with E-state index in [1.165, 1.54) is 0 Å². The molecule has 1 aromatic carbocycles. The zero-order valence-electron chi connectivity index (χ0n) is 8.43. The monoisotopic (exact) mass is 204 g/mol. The normalized spacial score (nSPS) is 10.5. The Bertz CT molecular complexity index is 434. The molecule has 2 rings (SSSR count). The third kappa shape index (κ3) is 2.16. The average Bonchev–Trinajstić information content (AvgIpc) is 2.68. The van der Waals surface area contributed by atoms with Gasteiger partial charge in [-0.05, 0) is 24.3 Å². The molecule has 4 nitrogen and oxygen atoms in total. The van der Waals surface area contributed by atoms with Crippen LogP contribution in [0, 0.1) is 0 Å². The number of aromatic nitrogens is 1. The zero-order valence-corrected chi connectivity index (χ0v) is 8.43. The van der Waals surface area contributed by atoms with Crippen LogP contribution >= 0.6 is 0 Å². The zero-order chi connectivity index (χ0) is 10.7. The summed E-state index contributed by atoms with van der Waals surface area (Å²) in [7, 11) is 1.60. The van der Waals surface area contributed by atoms with Gasteiger partial charge in [-0.1, -0.05) is 0 Å². The Kier molecular flexibility index (Phi) is 2.69. The summed E-state index contributed by atoms with van der Waals surface area (Å²) in [4.78, 5) is 4.08. The molecule has 1 heterocycles. The highest BCUT2D eigenvalue weighted by molar-refractivity contribution is 5.59. The molecule has 0 bridgehead atoms. The number of anilines is 1. The van der Waals surface area contributed by atoms with E-state index in [2.05, 4.69) is 4.98 Å². The molecule has 0 unspecified atom stereocenters. The van der Waals surface area contributed by atoms with Crippen molar-refractivity contribution < 1.29 is 9.15 Å². The number of hydrogen-bond acceptors (Lipinski definition) is 4. The van der Waals surface area contributed by atoms with Gasteiger partial charge in [0.05, 0.1) is 6.20 Å². The molecule has 0 amide bonds. The van der Waals surface area contributed by atoms with Crippen LogP contribution in [0.2, 0.25) is 0 Å². The van der Waals surface area contributed by atoms with E-state index >= 15 is 0 Å². The van der Waals surface area contributed by atoms with Gasteiger partial charge in [0.15, 0.2) is 5.76 Å². The summed E-state index contributed by atoms with van der Waals surface area (Å²) in [6.07, 6.45) is 1.68. The van der Waals surface area contributed by atoms with Crippen molar-refractivity contribution in [2.45, 2.75) is 6.61 Å². The van der Waals surface area contributed by atoms with Crippen LogP contribution in [0.4, 0.5) is 5.69 Å². The molecule has 0 atom stereocenters. The van der Waals surface area contributed by atoms with Gasteiger partial charge < -0.3 is 14.9 Å². The van der Waals surface area contributed by atoms with E-state index in [0.29, 0.717) is 12.5 Å². The van der Waals surface area contributed by atoms with Gasteiger partial charge in [0.1, 0.15) is 6.61 Å². The molecule has 78 valence electrons. The molecule has 4 heteroatoms. The van der Waals surface area contributed by atoms with Crippen molar-refractivity contribution in [2.24, 2.45) is 0 Å². The number of ether oxygens (including phenoxy) is 1. The first-order valence-corrected chi connectivity index (χ1v) is 4.59. The van der Waals surface area contributed by atoms with Crippen LogP contribution in [0.5, 0.6) is 0 Å². The third-order valence-corrected chi connectivity index (χ3v) is 2.02. The van der Waals surface area contributed by atoms with E-state index in [-0.39, 0.29) is 0 Å². The standard InChI is InChI=1S/C11H12N2O2/c1-14-7-11-13-6-10(15-11)8-2-4-9(12)5-3-8/h2-6H,7,12H2,1H3. The molecule has 0 aliphatic rings. The van der Waals surface area contributed by atoms with Crippen molar-refractivity contribution in [2.75, 3.05) is 12.8 Å². The van der Waals surface area contributed by atoms with Crippen LogP contribution in [0.25, 0.3) is 11.3 Å².